The highest BCUT2D eigenvalue weighted by Gasteiger charge is 2.16. The summed E-state index contributed by atoms with van der Waals surface area (Å²) in [5.41, 5.74) is 3.76. The minimum Gasteiger partial charge on any atom is -0.321 e. The molecule has 0 radical (unpaired) electrons. The lowest BCUT2D eigenvalue weighted by Crippen LogP contribution is -2.12. The molecule has 1 N–H and O–H groups in total. The van der Waals surface area contributed by atoms with E-state index in [1.54, 1.807) is 10.8 Å². The molecule has 8 nitrogen and oxygen atoms in total. The fourth-order valence-electron chi connectivity index (χ4n) is 2.61. The molecule has 0 atom stereocenters. The van der Waals surface area contributed by atoms with Gasteiger partial charge in [0.15, 0.2) is 5.65 Å². The molecule has 0 fully saturated rings. The molecule has 3 aromatic heterocycles. The number of carbonyl (C=O) groups excluding carboxylic acids is 1. The van der Waals surface area contributed by atoms with Crippen LogP contribution in [0.2, 0.25) is 0 Å². The van der Waals surface area contributed by atoms with E-state index in [0.717, 1.165) is 41.3 Å². The summed E-state index contributed by atoms with van der Waals surface area (Å²) in [5.74, 6) is -0.192. The number of aromatic nitrogens is 6. The first-order chi connectivity index (χ1) is 12.7. The van der Waals surface area contributed by atoms with Crippen LogP contribution in [0.25, 0.3) is 16.9 Å². The number of rotatable bonds is 5. The summed E-state index contributed by atoms with van der Waals surface area (Å²) in [5, 5.41) is 19.2. The molecule has 4 aromatic rings. The lowest BCUT2D eigenvalue weighted by atomic mass is 10.1. The highest BCUT2D eigenvalue weighted by molar-refractivity contribution is 7.08. The van der Waals surface area contributed by atoms with Crippen LogP contribution in [-0.2, 0) is 6.42 Å². The smallest absolute Gasteiger partial charge is 0.269 e. The van der Waals surface area contributed by atoms with Crippen LogP contribution in [-0.4, -0.2) is 35.3 Å². The van der Waals surface area contributed by atoms with Crippen LogP contribution < -0.4 is 5.32 Å². The quantitative estimate of drug-likeness (QED) is 0.584. The lowest BCUT2D eigenvalue weighted by Gasteiger charge is -2.07. The Labute approximate surface area is 153 Å². The first-order valence-corrected chi connectivity index (χ1v) is 8.92. The molecular weight excluding hydrogens is 350 g/mol. The van der Waals surface area contributed by atoms with Crippen molar-refractivity contribution in [3.05, 3.63) is 53.3 Å². The van der Waals surface area contributed by atoms with Crippen molar-refractivity contribution in [2.75, 3.05) is 5.32 Å². The van der Waals surface area contributed by atoms with Gasteiger partial charge in [0, 0.05) is 11.3 Å². The minimum atomic E-state index is -0.192. The van der Waals surface area contributed by atoms with E-state index in [-0.39, 0.29) is 5.91 Å². The second-order valence-corrected chi connectivity index (χ2v) is 6.44. The Morgan fingerprint density at radius 2 is 2.15 bits per heavy atom. The molecule has 130 valence electrons. The van der Waals surface area contributed by atoms with Gasteiger partial charge in [-0.1, -0.05) is 30.0 Å². The van der Waals surface area contributed by atoms with Crippen molar-refractivity contribution in [3.63, 3.8) is 0 Å². The standard InChI is InChI=1S/C17H15N7OS/c1-2-4-14-16(26-23-20-14)17(25)19-12-6-3-5-11(9-12)13-7-8-15-21-18-10-24(15)22-13/h3,5-10H,2,4H2,1H3,(H,19,25). The van der Waals surface area contributed by atoms with E-state index in [9.17, 15) is 4.79 Å². The fraction of sp³-hybridized carbons (Fsp3) is 0.176. The number of nitrogens with zero attached hydrogens (tertiary/aromatic N) is 6. The van der Waals surface area contributed by atoms with Crippen LogP contribution in [0.4, 0.5) is 5.69 Å². The summed E-state index contributed by atoms with van der Waals surface area (Å²) in [6.07, 6.45) is 3.21. The van der Waals surface area contributed by atoms with Gasteiger partial charge in [-0.15, -0.1) is 15.3 Å². The Morgan fingerprint density at radius 3 is 3.04 bits per heavy atom. The average molecular weight is 365 g/mol. The van der Waals surface area contributed by atoms with Gasteiger partial charge in [-0.05, 0) is 42.2 Å². The van der Waals surface area contributed by atoms with E-state index >= 15 is 0 Å². The number of aryl methyl sites for hydroxylation is 1. The molecule has 0 aliphatic rings. The van der Waals surface area contributed by atoms with Gasteiger partial charge >= 0.3 is 0 Å². The van der Waals surface area contributed by atoms with Crippen LogP contribution in [0.5, 0.6) is 0 Å². The molecule has 0 bridgehead atoms. The summed E-state index contributed by atoms with van der Waals surface area (Å²) >= 11 is 1.12. The predicted molar refractivity (Wildman–Crippen MR) is 98.1 cm³/mol. The third kappa shape index (κ3) is 3.16. The maximum absolute atomic E-state index is 12.5. The predicted octanol–water partition coefficient (Wildman–Crippen LogP) is 2.85. The maximum atomic E-state index is 12.5. The number of carbonyl (C=O) groups is 1. The summed E-state index contributed by atoms with van der Waals surface area (Å²) in [7, 11) is 0. The van der Waals surface area contributed by atoms with E-state index in [1.807, 2.05) is 43.3 Å². The van der Waals surface area contributed by atoms with E-state index in [1.165, 1.54) is 0 Å². The molecule has 0 aliphatic carbocycles. The Morgan fingerprint density at radius 1 is 1.23 bits per heavy atom. The van der Waals surface area contributed by atoms with Crippen LogP contribution >= 0.6 is 11.5 Å². The number of anilines is 1. The molecule has 0 saturated carbocycles. The van der Waals surface area contributed by atoms with Crippen molar-refractivity contribution in [3.8, 4) is 11.3 Å². The molecule has 0 unspecified atom stereocenters. The molecule has 1 amide bonds. The van der Waals surface area contributed by atoms with Crippen molar-refractivity contribution in [2.45, 2.75) is 19.8 Å². The van der Waals surface area contributed by atoms with Crippen molar-refractivity contribution in [1.82, 2.24) is 29.4 Å². The molecule has 1 aromatic carbocycles. The van der Waals surface area contributed by atoms with Gasteiger partial charge in [-0.3, -0.25) is 4.79 Å². The second kappa shape index (κ2) is 6.96. The van der Waals surface area contributed by atoms with Gasteiger partial charge < -0.3 is 5.32 Å². The van der Waals surface area contributed by atoms with Crippen molar-refractivity contribution >= 4 is 28.8 Å². The Balaban J connectivity index is 1.59. The molecular formula is C17H15N7OS. The van der Waals surface area contributed by atoms with E-state index in [2.05, 4.69) is 30.2 Å². The van der Waals surface area contributed by atoms with Crippen LogP contribution in [0.3, 0.4) is 0 Å². The molecule has 4 rings (SSSR count). The Hall–Kier alpha value is -3.20. The lowest BCUT2D eigenvalue weighted by molar-refractivity contribution is 0.102. The number of nitrogens with one attached hydrogen (secondary N) is 1. The monoisotopic (exact) mass is 365 g/mol. The van der Waals surface area contributed by atoms with Gasteiger partial charge in [-0.25, -0.2) is 0 Å². The molecule has 3 heterocycles. The van der Waals surface area contributed by atoms with Crippen molar-refractivity contribution < 1.29 is 4.79 Å². The summed E-state index contributed by atoms with van der Waals surface area (Å²) in [6.45, 7) is 2.05. The fourth-order valence-corrected chi connectivity index (χ4v) is 3.21. The van der Waals surface area contributed by atoms with Gasteiger partial charge in [-0.2, -0.15) is 9.61 Å². The van der Waals surface area contributed by atoms with E-state index < -0.39 is 0 Å². The third-order valence-corrected chi connectivity index (χ3v) is 4.59. The van der Waals surface area contributed by atoms with Gasteiger partial charge in [0.05, 0.1) is 11.4 Å². The highest BCUT2D eigenvalue weighted by atomic mass is 32.1. The van der Waals surface area contributed by atoms with Crippen LogP contribution in [0.1, 0.15) is 28.7 Å². The van der Waals surface area contributed by atoms with E-state index in [4.69, 9.17) is 0 Å². The molecule has 0 saturated heterocycles. The number of fused-ring (bicyclic) bond motifs is 1. The van der Waals surface area contributed by atoms with Gasteiger partial charge in [0.2, 0.25) is 0 Å². The number of benzene rings is 1. The highest BCUT2D eigenvalue weighted by Crippen LogP contribution is 2.22. The zero-order valence-electron chi connectivity index (χ0n) is 14.0. The van der Waals surface area contributed by atoms with Crippen LogP contribution in [0.15, 0.2) is 42.7 Å². The SMILES string of the molecule is CCCc1nnsc1C(=O)Nc1cccc(-c2ccc3nncn3n2)c1. The topological polar surface area (TPSA) is 98.0 Å². The first-order valence-electron chi connectivity index (χ1n) is 8.14. The summed E-state index contributed by atoms with van der Waals surface area (Å²) in [4.78, 5) is 13.1. The third-order valence-electron chi connectivity index (χ3n) is 3.83. The second-order valence-electron chi connectivity index (χ2n) is 5.69. The Kier molecular flexibility index (Phi) is 4.36. The van der Waals surface area contributed by atoms with Gasteiger partial charge in [0.25, 0.3) is 5.91 Å². The van der Waals surface area contributed by atoms with Crippen molar-refractivity contribution in [2.24, 2.45) is 0 Å². The molecule has 9 heteroatoms. The Bertz CT molecular complexity index is 1070. The van der Waals surface area contributed by atoms with Gasteiger partial charge in [0.1, 0.15) is 11.2 Å². The molecule has 0 aliphatic heterocycles. The number of hydrogen-bond donors (Lipinski definition) is 1. The average Bonchev–Trinajstić information content (AvgIpc) is 3.30. The number of hydrogen-bond acceptors (Lipinski definition) is 7. The first kappa shape index (κ1) is 16.3. The van der Waals surface area contributed by atoms with E-state index in [0.29, 0.717) is 16.2 Å². The normalized spacial score (nSPS) is 11.0. The van der Waals surface area contributed by atoms with Crippen molar-refractivity contribution in [1.29, 1.82) is 0 Å². The zero-order chi connectivity index (χ0) is 17.9. The molecule has 26 heavy (non-hydrogen) atoms. The molecule has 0 spiro atoms. The zero-order valence-corrected chi connectivity index (χ0v) is 14.8. The minimum absolute atomic E-state index is 0.192. The summed E-state index contributed by atoms with van der Waals surface area (Å²) < 4.78 is 5.51. The van der Waals surface area contributed by atoms with Crippen LogP contribution in [0, 0.1) is 0 Å². The largest absolute Gasteiger partial charge is 0.321 e. The maximum Gasteiger partial charge on any atom is 0.269 e. The summed E-state index contributed by atoms with van der Waals surface area (Å²) in [6, 6.07) is 11.3. The number of amides is 1.